The lowest BCUT2D eigenvalue weighted by molar-refractivity contribution is -0.137. The van der Waals surface area contributed by atoms with Gasteiger partial charge in [0.05, 0.1) is 25.0 Å². The van der Waals surface area contributed by atoms with E-state index in [2.05, 4.69) is 20.9 Å². The molecule has 0 aliphatic carbocycles. The second-order valence-electron chi connectivity index (χ2n) is 8.47. The van der Waals surface area contributed by atoms with E-state index in [4.69, 9.17) is 9.47 Å². The average molecular weight is 515 g/mol. The third kappa shape index (κ3) is 6.18. The number of nitrogens with one attached hydrogen (secondary N) is 3. The van der Waals surface area contributed by atoms with Crippen LogP contribution in [-0.4, -0.2) is 42.7 Å². The van der Waals surface area contributed by atoms with Gasteiger partial charge in [-0.05, 0) is 35.9 Å². The number of ether oxygens (including phenoxy) is 2. The molecule has 11 heteroatoms. The molecule has 8 nitrogen and oxygen atoms in total. The number of pyridine rings is 1. The van der Waals surface area contributed by atoms with Crippen LogP contribution in [0.2, 0.25) is 0 Å². The van der Waals surface area contributed by atoms with E-state index >= 15 is 0 Å². The number of carbonyl (C=O) groups is 2. The topological polar surface area (TPSA) is 102 Å². The van der Waals surface area contributed by atoms with Crippen LogP contribution in [0.1, 0.15) is 27.9 Å². The number of hydrogen-bond acceptors (Lipinski definition) is 6. The molecule has 1 fully saturated rings. The van der Waals surface area contributed by atoms with Crippen molar-refractivity contribution in [2.75, 3.05) is 25.6 Å². The Bertz CT molecular complexity index is 1260. The van der Waals surface area contributed by atoms with Crippen molar-refractivity contribution in [3.63, 3.8) is 0 Å². The molecule has 0 radical (unpaired) electrons. The lowest BCUT2D eigenvalue weighted by atomic mass is 9.96. The number of alkyl halides is 3. The molecule has 1 aliphatic rings. The summed E-state index contributed by atoms with van der Waals surface area (Å²) >= 11 is 0. The van der Waals surface area contributed by atoms with E-state index in [9.17, 15) is 22.8 Å². The Kier molecular flexibility index (Phi) is 7.63. The lowest BCUT2D eigenvalue weighted by Crippen LogP contribution is -2.59. The van der Waals surface area contributed by atoms with Crippen molar-refractivity contribution in [3.05, 3.63) is 83.6 Å². The SMILES string of the molecule is COc1cc(C(=O)NC2(C(=O)NCc3ccc(Nc4ccccc4C(F)(F)F)cc3)CCOC2)ccn1. The second kappa shape index (κ2) is 10.9. The van der Waals surface area contributed by atoms with Crippen molar-refractivity contribution in [1.29, 1.82) is 0 Å². The quantitative estimate of drug-likeness (QED) is 0.419. The van der Waals surface area contributed by atoms with Gasteiger partial charge in [-0.25, -0.2) is 4.98 Å². The van der Waals surface area contributed by atoms with Crippen LogP contribution in [0, 0.1) is 0 Å². The van der Waals surface area contributed by atoms with E-state index in [1.807, 2.05) is 0 Å². The summed E-state index contributed by atoms with van der Waals surface area (Å²) in [7, 11) is 1.44. The largest absolute Gasteiger partial charge is 0.481 e. The zero-order valence-corrected chi connectivity index (χ0v) is 19.9. The Hall–Kier alpha value is -4.12. The fourth-order valence-electron chi connectivity index (χ4n) is 3.90. The van der Waals surface area contributed by atoms with Crippen LogP contribution < -0.4 is 20.7 Å². The third-order valence-corrected chi connectivity index (χ3v) is 5.93. The average Bonchev–Trinajstić information content (AvgIpc) is 3.37. The summed E-state index contributed by atoms with van der Waals surface area (Å²) in [5.74, 6) is -0.592. The fraction of sp³-hybridized carbons (Fsp3) is 0.269. The van der Waals surface area contributed by atoms with Crippen LogP contribution in [0.4, 0.5) is 24.5 Å². The Morgan fingerprint density at radius 1 is 1.11 bits per heavy atom. The maximum absolute atomic E-state index is 13.2. The van der Waals surface area contributed by atoms with E-state index in [1.54, 1.807) is 24.3 Å². The van der Waals surface area contributed by atoms with E-state index in [-0.39, 0.29) is 24.7 Å². The number of methoxy groups -OCH3 is 1. The fourth-order valence-corrected chi connectivity index (χ4v) is 3.90. The summed E-state index contributed by atoms with van der Waals surface area (Å²) in [5.41, 5.74) is -0.573. The molecule has 194 valence electrons. The predicted octanol–water partition coefficient (Wildman–Crippen LogP) is 4.06. The minimum Gasteiger partial charge on any atom is -0.481 e. The van der Waals surface area contributed by atoms with Crippen LogP contribution in [-0.2, 0) is 22.3 Å². The van der Waals surface area contributed by atoms with Crippen LogP contribution in [0.3, 0.4) is 0 Å². The molecule has 3 aromatic rings. The van der Waals surface area contributed by atoms with E-state index in [0.717, 1.165) is 11.6 Å². The van der Waals surface area contributed by atoms with Gasteiger partial charge >= 0.3 is 6.18 Å². The third-order valence-electron chi connectivity index (χ3n) is 5.93. The number of benzene rings is 2. The second-order valence-corrected chi connectivity index (χ2v) is 8.47. The Labute approximate surface area is 211 Å². The summed E-state index contributed by atoms with van der Waals surface area (Å²) in [6.45, 7) is 0.486. The highest BCUT2D eigenvalue weighted by atomic mass is 19.4. The highest BCUT2D eigenvalue weighted by Gasteiger charge is 2.43. The molecule has 1 unspecified atom stereocenters. The van der Waals surface area contributed by atoms with Gasteiger partial charge in [0, 0.05) is 43.1 Å². The zero-order valence-electron chi connectivity index (χ0n) is 19.9. The van der Waals surface area contributed by atoms with Crippen LogP contribution in [0.5, 0.6) is 5.88 Å². The number of rotatable bonds is 8. The molecular formula is C26H25F3N4O4. The van der Waals surface area contributed by atoms with Crippen molar-refractivity contribution in [1.82, 2.24) is 15.6 Å². The maximum Gasteiger partial charge on any atom is 0.418 e. The molecule has 4 rings (SSSR count). The number of halogens is 3. The summed E-state index contributed by atoms with van der Waals surface area (Å²) in [6, 6.07) is 14.9. The summed E-state index contributed by atoms with van der Waals surface area (Å²) in [5, 5.41) is 8.39. The van der Waals surface area contributed by atoms with Crippen molar-refractivity contribution in [2.24, 2.45) is 0 Å². The molecule has 1 saturated heterocycles. The van der Waals surface area contributed by atoms with E-state index in [0.29, 0.717) is 24.3 Å². The predicted molar refractivity (Wildman–Crippen MR) is 129 cm³/mol. The minimum absolute atomic E-state index is 0.0221. The molecular weight excluding hydrogens is 489 g/mol. The van der Waals surface area contributed by atoms with Gasteiger partial charge < -0.3 is 25.4 Å². The van der Waals surface area contributed by atoms with E-state index < -0.39 is 29.1 Å². The van der Waals surface area contributed by atoms with Gasteiger partial charge in [-0.1, -0.05) is 24.3 Å². The molecule has 3 N–H and O–H groups in total. The first kappa shape index (κ1) is 26.0. The molecule has 1 aliphatic heterocycles. The zero-order chi connectivity index (χ0) is 26.5. The highest BCUT2D eigenvalue weighted by molar-refractivity contribution is 5.99. The highest BCUT2D eigenvalue weighted by Crippen LogP contribution is 2.35. The van der Waals surface area contributed by atoms with Gasteiger partial charge in [0.25, 0.3) is 5.91 Å². The number of nitrogens with zero attached hydrogens (tertiary/aromatic N) is 1. The molecule has 1 aromatic heterocycles. The normalized spacial score (nSPS) is 17.2. The van der Waals surface area contributed by atoms with Gasteiger partial charge in [0.15, 0.2) is 0 Å². The number of para-hydroxylation sites is 1. The van der Waals surface area contributed by atoms with Crippen LogP contribution >= 0.6 is 0 Å². The Morgan fingerprint density at radius 2 is 1.86 bits per heavy atom. The number of anilines is 2. The first-order valence-corrected chi connectivity index (χ1v) is 11.4. The number of aromatic nitrogens is 1. The van der Waals surface area contributed by atoms with Crippen LogP contribution in [0.15, 0.2) is 66.9 Å². The van der Waals surface area contributed by atoms with Crippen LogP contribution in [0.25, 0.3) is 0 Å². The van der Waals surface area contributed by atoms with Crippen molar-refractivity contribution < 1.29 is 32.2 Å². The van der Waals surface area contributed by atoms with Gasteiger partial charge in [0.2, 0.25) is 11.8 Å². The van der Waals surface area contributed by atoms with Crippen molar-refractivity contribution in [2.45, 2.75) is 24.7 Å². The lowest BCUT2D eigenvalue weighted by Gasteiger charge is -2.27. The Balaban J connectivity index is 1.39. The molecule has 37 heavy (non-hydrogen) atoms. The minimum atomic E-state index is -4.48. The van der Waals surface area contributed by atoms with Crippen molar-refractivity contribution >= 4 is 23.2 Å². The number of carbonyl (C=O) groups excluding carboxylic acids is 2. The molecule has 1 atom stereocenters. The smallest absolute Gasteiger partial charge is 0.418 e. The summed E-state index contributed by atoms with van der Waals surface area (Å²) in [6.07, 6.45) is -2.74. The standard InChI is InChI=1S/C26H25F3N4O4/c1-36-22-14-18(10-12-30-22)23(34)33-25(11-13-37-16-25)24(35)31-15-17-6-8-19(9-7-17)32-21-5-3-2-4-20(21)26(27,28)29/h2-10,12,14,32H,11,13,15-16H2,1H3,(H,31,35)(H,33,34). The van der Waals surface area contributed by atoms with Gasteiger partial charge in [-0.2, -0.15) is 13.2 Å². The molecule has 2 aromatic carbocycles. The maximum atomic E-state index is 13.2. The van der Waals surface area contributed by atoms with Gasteiger partial charge in [-0.3, -0.25) is 9.59 Å². The van der Waals surface area contributed by atoms with Crippen molar-refractivity contribution in [3.8, 4) is 5.88 Å². The number of amides is 2. The number of hydrogen-bond donors (Lipinski definition) is 3. The van der Waals surface area contributed by atoms with Gasteiger partial charge in [-0.15, -0.1) is 0 Å². The molecule has 0 bridgehead atoms. The molecule has 0 spiro atoms. The van der Waals surface area contributed by atoms with E-state index in [1.165, 1.54) is 43.6 Å². The summed E-state index contributed by atoms with van der Waals surface area (Å²) in [4.78, 5) is 29.9. The molecule has 2 heterocycles. The summed E-state index contributed by atoms with van der Waals surface area (Å²) < 4.78 is 50.2. The van der Waals surface area contributed by atoms with Gasteiger partial charge in [0.1, 0.15) is 5.54 Å². The Morgan fingerprint density at radius 3 is 2.54 bits per heavy atom. The first-order chi connectivity index (χ1) is 17.7. The monoisotopic (exact) mass is 514 g/mol. The molecule has 2 amide bonds. The first-order valence-electron chi connectivity index (χ1n) is 11.4. The molecule has 0 saturated carbocycles.